The van der Waals surface area contributed by atoms with Gasteiger partial charge in [-0.15, -0.1) is 0 Å². The SMILES string of the molecule is CC/C=C\C/C=C\C/C=C\C/C=C\C/C=C\CCCCCCCCCCCCCCCCCCCCCCCCCCCC(=O)NC(COP(=O)(O)OCC[N+](C)(C)C)C(O)CCCCCCCCCCC. The van der Waals surface area contributed by atoms with E-state index in [1.54, 1.807) is 0 Å². The van der Waals surface area contributed by atoms with Crippen LogP contribution in [0, 0.1) is 0 Å². The van der Waals surface area contributed by atoms with E-state index >= 15 is 0 Å². The molecule has 9 heteroatoms. The number of hydrogen-bond acceptors (Lipinski definition) is 5. The van der Waals surface area contributed by atoms with E-state index < -0.39 is 20.0 Å². The Bertz CT molecular complexity index is 1360. The molecule has 0 spiro atoms. The molecule has 0 saturated carbocycles. The predicted octanol–water partition coefficient (Wildman–Crippen LogP) is 18.9. The van der Waals surface area contributed by atoms with Crippen molar-refractivity contribution in [2.24, 2.45) is 0 Å². The number of carbonyl (C=O) groups is 1. The van der Waals surface area contributed by atoms with Crippen LogP contribution in [0.5, 0.6) is 0 Å². The van der Waals surface area contributed by atoms with Crippen molar-refractivity contribution < 1.29 is 32.9 Å². The summed E-state index contributed by atoms with van der Waals surface area (Å²) in [6, 6.07) is -0.757. The molecule has 422 valence electrons. The zero-order chi connectivity index (χ0) is 52.7. The zero-order valence-corrected chi connectivity index (χ0v) is 49.1. The third-order valence-corrected chi connectivity index (χ3v) is 14.8. The second kappa shape index (κ2) is 54.0. The third-order valence-electron chi connectivity index (χ3n) is 13.8. The van der Waals surface area contributed by atoms with Crippen LogP contribution in [-0.4, -0.2) is 73.4 Å². The van der Waals surface area contributed by atoms with Crippen LogP contribution in [0.15, 0.2) is 60.8 Å². The molecule has 0 heterocycles. The first-order valence-electron chi connectivity index (χ1n) is 30.7. The fourth-order valence-electron chi connectivity index (χ4n) is 9.02. The van der Waals surface area contributed by atoms with E-state index in [2.05, 4.69) is 79.9 Å². The van der Waals surface area contributed by atoms with Gasteiger partial charge in [-0.3, -0.25) is 13.8 Å². The molecule has 1 amide bonds. The largest absolute Gasteiger partial charge is 0.472 e. The summed E-state index contributed by atoms with van der Waals surface area (Å²) in [5.74, 6) is -0.143. The highest BCUT2D eigenvalue weighted by Crippen LogP contribution is 2.43. The Labute approximate surface area is 447 Å². The second-order valence-corrected chi connectivity index (χ2v) is 23.5. The molecule has 0 bridgehead atoms. The lowest BCUT2D eigenvalue weighted by molar-refractivity contribution is -0.870. The summed E-state index contributed by atoms with van der Waals surface area (Å²) in [5.41, 5.74) is 0. The van der Waals surface area contributed by atoms with Gasteiger partial charge in [-0.05, 0) is 57.8 Å². The number of phosphoric acid groups is 1. The van der Waals surface area contributed by atoms with Gasteiger partial charge in [0.15, 0.2) is 0 Å². The number of rotatable bonds is 56. The summed E-state index contributed by atoms with van der Waals surface area (Å²) in [5, 5.41) is 14.0. The monoisotopic (exact) mass is 1030 g/mol. The number of amides is 1. The van der Waals surface area contributed by atoms with Crippen LogP contribution in [0.3, 0.4) is 0 Å². The molecule has 0 saturated heterocycles. The number of nitrogens with one attached hydrogen (secondary N) is 1. The minimum atomic E-state index is -4.31. The molecule has 3 N–H and O–H groups in total. The molecular weight excluding hydrogens is 912 g/mol. The van der Waals surface area contributed by atoms with Gasteiger partial charge in [0.1, 0.15) is 13.2 Å². The number of unbranched alkanes of at least 4 members (excludes halogenated alkanes) is 33. The van der Waals surface area contributed by atoms with Crippen molar-refractivity contribution in [2.45, 2.75) is 296 Å². The Kier molecular flexibility index (Phi) is 52.7. The Balaban J connectivity index is 3.77. The zero-order valence-electron chi connectivity index (χ0n) is 48.2. The van der Waals surface area contributed by atoms with Crippen molar-refractivity contribution in [3.63, 3.8) is 0 Å². The summed E-state index contributed by atoms with van der Waals surface area (Å²) < 4.78 is 23.7. The molecule has 8 nitrogen and oxygen atoms in total. The highest BCUT2D eigenvalue weighted by atomic mass is 31.2. The number of quaternary nitrogens is 1. The minimum Gasteiger partial charge on any atom is -0.391 e. The van der Waals surface area contributed by atoms with Gasteiger partial charge >= 0.3 is 7.82 Å². The van der Waals surface area contributed by atoms with Crippen LogP contribution in [0.2, 0.25) is 0 Å². The van der Waals surface area contributed by atoms with Crippen molar-refractivity contribution in [1.82, 2.24) is 5.32 Å². The number of aliphatic hydroxyl groups excluding tert-OH is 1. The van der Waals surface area contributed by atoms with Gasteiger partial charge in [0.2, 0.25) is 5.91 Å². The van der Waals surface area contributed by atoms with Crippen LogP contribution in [-0.2, 0) is 18.4 Å². The summed E-state index contributed by atoms with van der Waals surface area (Å²) >= 11 is 0. The lowest BCUT2D eigenvalue weighted by Crippen LogP contribution is -2.46. The van der Waals surface area contributed by atoms with Crippen molar-refractivity contribution in [3.05, 3.63) is 60.8 Å². The fraction of sp³-hybridized carbons (Fsp3) is 0.825. The first kappa shape index (κ1) is 70.2. The van der Waals surface area contributed by atoms with Crippen molar-refractivity contribution >= 4 is 13.7 Å². The summed E-state index contributed by atoms with van der Waals surface area (Å²) in [4.78, 5) is 23.2. The maximum absolute atomic E-state index is 12.9. The van der Waals surface area contributed by atoms with Gasteiger partial charge in [0.25, 0.3) is 0 Å². The van der Waals surface area contributed by atoms with Gasteiger partial charge in [-0.2, -0.15) is 0 Å². The van der Waals surface area contributed by atoms with Gasteiger partial charge in [0.05, 0.1) is 39.9 Å². The molecule has 0 aliphatic carbocycles. The van der Waals surface area contributed by atoms with Gasteiger partial charge in [-0.1, -0.05) is 280 Å². The first-order valence-corrected chi connectivity index (χ1v) is 32.1. The average molecular weight is 1030 g/mol. The van der Waals surface area contributed by atoms with E-state index in [0.717, 1.165) is 70.6 Å². The lowest BCUT2D eigenvalue weighted by Gasteiger charge is -2.26. The van der Waals surface area contributed by atoms with E-state index in [1.807, 2.05) is 21.1 Å². The number of allylic oxidation sites excluding steroid dienone is 10. The average Bonchev–Trinajstić information content (AvgIpc) is 3.34. The van der Waals surface area contributed by atoms with Crippen LogP contribution in [0.1, 0.15) is 284 Å². The minimum absolute atomic E-state index is 0.0756. The Morgan fingerprint density at radius 2 is 0.833 bits per heavy atom. The molecular formula is C63H120N2O6P+. The lowest BCUT2D eigenvalue weighted by atomic mass is 10.0. The smallest absolute Gasteiger partial charge is 0.391 e. The Hall–Kier alpha value is -1.80. The molecule has 0 rings (SSSR count). The van der Waals surface area contributed by atoms with E-state index in [4.69, 9.17) is 9.05 Å². The number of aliphatic hydroxyl groups is 1. The second-order valence-electron chi connectivity index (χ2n) is 22.1. The maximum atomic E-state index is 12.9. The van der Waals surface area contributed by atoms with Gasteiger partial charge < -0.3 is 19.8 Å². The molecule has 0 fully saturated rings. The quantitative estimate of drug-likeness (QED) is 0.0243. The topological polar surface area (TPSA) is 105 Å². The molecule has 0 radical (unpaired) electrons. The molecule has 72 heavy (non-hydrogen) atoms. The van der Waals surface area contributed by atoms with E-state index in [9.17, 15) is 19.4 Å². The Morgan fingerprint density at radius 1 is 0.486 bits per heavy atom. The van der Waals surface area contributed by atoms with Crippen molar-refractivity contribution in [1.29, 1.82) is 0 Å². The number of carbonyl (C=O) groups excluding carboxylic acids is 1. The highest BCUT2D eigenvalue weighted by Gasteiger charge is 2.28. The number of hydrogen-bond donors (Lipinski definition) is 3. The molecule has 3 atom stereocenters. The van der Waals surface area contributed by atoms with E-state index in [-0.39, 0.29) is 19.1 Å². The predicted molar refractivity (Wildman–Crippen MR) is 314 cm³/mol. The van der Waals surface area contributed by atoms with E-state index in [0.29, 0.717) is 23.9 Å². The van der Waals surface area contributed by atoms with Gasteiger partial charge in [0, 0.05) is 6.42 Å². The first-order chi connectivity index (χ1) is 35.0. The molecule has 0 aromatic carbocycles. The van der Waals surface area contributed by atoms with Crippen LogP contribution in [0.25, 0.3) is 0 Å². The standard InChI is InChI=1S/C63H119N2O6P/c1-6-8-10-12-14-16-17-18-19-20-21-22-23-24-25-26-27-28-29-30-31-32-33-34-35-36-37-38-39-40-41-42-43-44-45-46-47-49-51-53-55-57-63(67)64-61(60-71-72(68,69)70-59-58-65(3,4)5)62(66)56-54-52-50-48-15-13-11-9-7-2/h8,10,14,16,18-19,21-22,24-25,61-62,66H,6-7,9,11-13,15,17,20,23,26-60H2,1-5H3,(H-,64,67,68,69)/p+1/b10-8-,16-14-,19-18-,22-21-,25-24-. The van der Waals surface area contributed by atoms with Gasteiger partial charge in [-0.25, -0.2) is 4.57 Å². The van der Waals surface area contributed by atoms with Crippen LogP contribution >= 0.6 is 7.82 Å². The van der Waals surface area contributed by atoms with E-state index in [1.165, 1.54) is 186 Å². The highest BCUT2D eigenvalue weighted by molar-refractivity contribution is 7.47. The van der Waals surface area contributed by atoms with Crippen LogP contribution < -0.4 is 5.32 Å². The summed E-state index contributed by atoms with van der Waals surface area (Å²) in [7, 11) is 1.62. The molecule has 0 aromatic rings. The number of nitrogens with zero attached hydrogens (tertiary/aromatic N) is 1. The number of phosphoric ester groups is 1. The summed E-state index contributed by atoms with van der Waals surface area (Å²) in [6.07, 6.45) is 73.3. The summed E-state index contributed by atoms with van der Waals surface area (Å²) in [6.45, 7) is 4.76. The normalized spacial score (nSPS) is 14.3. The molecule has 0 aliphatic heterocycles. The van der Waals surface area contributed by atoms with Crippen molar-refractivity contribution in [2.75, 3.05) is 40.9 Å². The Morgan fingerprint density at radius 3 is 1.22 bits per heavy atom. The number of likely N-dealkylation sites (N-methyl/N-ethyl adjacent to an activating group) is 1. The molecule has 3 unspecified atom stereocenters. The molecule has 0 aliphatic rings. The molecule has 0 aromatic heterocycles. The third kappa shape index (κ3) is 55.9. The van der Waals surface area contributed by atoms with Crippen molar-refractivity contribution in [3.8, 4) is 0 Å². The van der Waals surface area contributed by atoms with Crippen LogP contribution in [0.4, 0.5) is 0 Å². The fourth-order valence-corrected chi connectivity index (χ4v) is 9.75. The maximum Gasteiger partial charge on any atom is 0.472 e.